The van der Waals surface area contributed by atoms with E-state index in [0.29, 0.717) is 5.56 Å². The third-order valence-corrected chi connectivity index (χ3v) is 2.64. The molecule has 0 amide bonds. The molecule has 1 unspecified atom stereocenters. The Balaban J connectivity index is 2.44. The van der Waals surface area contributed by atoms with Crippen LogP contribution in [0.25, 0.3) is 0 Å². The van der Waals surface area contributed by atoms with E-state index in [0.717, 1.165) is 11.3 Å². The van der Waals surface area contributed by atoms with Gasteiger partial charge in [-0.25, -0.2) is 9.82 Å². The van der Waals surface area contributed by atoms with Crippen LogP contribution in [0, 0.1) is 12.7 Å². The van der Waals surface area contributed by atoms with Crippen molar-refractivity contribution in [3.63, 3.8) is 0 Å². The van der Waals surface area contributed by atoms with Gasteiger partial charge in [-0.3, -0.25) is 10.8 Å². The van der Waals surface area contributed by atoms with Gasteiger partial charge in [-0.2, -0.15) is 0 Å². The minimum absolute atomic E-state index is 0.273. The number of aryl methyl sites for hydroxylation is 1. The Morgan fingerprint density at radius 2 is 2.06 bits per heavy atom. The maximum Gasteiger partial charge on any atom is 0.128 e. The molecule has 0 saturated carbocycles. The first-order valence-corrected chi connectivity index (χ1v) is 5.35. The summed E-state index contributed by atoms with van der Waals surface area (Å²) in [6, 6.07) is 9.93. The fraction of sp³-hybridized carbons (Fsp3) is 0.154. The molecule has 1 aromatic heterocycles. The van der Waals surface area contributed by atoms with Gasteiger partial charge in [0.05, 0.1) is 6.04 Å². The molecule has 1 heterocycles. The number of nitrogens with two attached hydrogens (primary N) is 1. The van der Waals surface area contributed by atoms with E-state index in [1.165, 1.54) is 6.07 Å². The summed E-state index contributed by atoms with van der Waals surface area (Å²) in [6.45, 7) is 1.89. The number of pyridine rings is 1. The number of benzene rings is 1. The van der Waals surface area contributed by atoms with E-state index in [2.05, 4.69) is 10.4 Å². The van der Waals surface area contributed by atoms with Gasteiger partial charge < -0.3 is 0 Å². The van der Waals surface area contributed by atoms with Crippen LogP contribution in [0.5, 0.6) is 0 Å². The van der Waals surface area contributed by atoms with Crippen molar-refractivity contribution in [1.29, 1.82) is 0 Å². The van der Waals surface area contributed by atoms with Gasteiger partial charge in [0.1, 0.15) is 5.82 Å². The van der Waals surface area contributed by atoms with Crippen molar-refractivity contribution in [3.05, 3.63) is 65.2 Å². The van der Waals surface area contributed by atoms with Crippen LogP contribution in [0.4, 0.5) is 4.39 Å². The Morgan fingerprint density at radius 3 is 2.71 bits per heavy atom. The first-order chi connectivity index (χ1) is 8.22. The van der Waals surface area contributed by atoms with Crippen LogP contribution in [-0.2, 0) is 0 Å². The lowest BCUT2D eigenvalue weighted by Crippen LogP contribution is -2.29. The van der Waals surface area contributed by atoms with Crippen molar-refractivity contribution in [2.45, 2.75) is 13.0 Å². The molecule has 0 spiro atoms. The van der Waals surface area contributed by atoms with E-state index < -0.39 is 0 Å². The molecular weight excluding hydrogens is 217 g/mol. The van der Waals surface area contributed by atoms with Crippen LogP contribution in [-0.4, -0.2) is 4.98 Å². The number of hydrogen-bond acceptors (Lipinski definition) is 3. The molecule has 1 atom stereocenters. The lowest BCUT2D eigenvalue weighted by molar-refractivity contribution is 0.559. The number of hydrogen-bond donors (Lipinski definition) is 2. The fourth-order valence-electron chi connectivity index (χ4n) is 1.82. The van der Waals surface area contributed by atoms with Crippen molar-refractivity contribution in [2.24, 2.45) is 5.84 Å². The third-order valence-electron chi connectivity index (χ3n) is 2.64. The van der Waals surface area contributed by atoms with Crippen LogP contribution in [0.1, 0.15) is 22.9 Å². The van der Waals surface area contributed by atoms with Crippen molar-refractivity contribution in [3.8, 4) is 0 Å². The number of nitrogens with zero attached hydrogens (tertiary/aromatic N) is 1. The van der Waals surface area contributed by atoms with Gasteiger partial charge >= 0.3 is 0 Å². The molecular formula is C13H14FN3. The van der Waals surface area contributed by atoms with E-state index in [4.69, 9.17) is 5.84 Å². The monoisotopic (exact) mass is 231 g/mol. The molecule has 4 heteroatoms. The highest BCUT2D eigenvalue weighted by Gasteiger charge is 2.15. The molecule has 3 N–H and O–H groups in total. The maximum absolute atomic E-state index is 13.7. The zero-order valence-electron chi connectivity index (χ0n) is 9.52. The topological polar surface area (TPSA) is 50.9 Å². The molecule has 1 aromatic carbocycles. The fourth-order valence-corrected chi connectivity index (χ4v) is 1.82. The Morgan fingerprint density at radius 1 is 1.29 bits per heavy atom. The van der Waals surface area contributed by atoms with Crippen molar-refractivity contribution < 1.29 is 4.39 Å². The molecule has 0 radical (unpaired) electrons. The first kappa shape index (κ1) is 11.7. The summed E-state index contributed by atoms with van der Waals surface area (Å²) in [7, 11) is 0. The standard InChI is InChI=1S/C13H14FN3/c1-9-8-10(6-7-16-9)13(17-15)11-4-2-3-5-12(11)14/h2-8,13,17H,15H2,1H3. The quantitative estimate of drug-likeness (QED) is 0.628. The zero-order valence-corrected chi connectivity index (χ0v) is 9.52. The molecule has 2 rings (SSSR count). The Labute approximate surface area is 99.5 Å². The number of rotatable bonds is 3. The van der Waals surface area contributed by atoms with Gasteiger partial charge in [0.2, 0.25) is 0 Å². The predicted molar refractivity (Wildman–Crippen MR) is 64.5 cm³/mol. The van der Waals surface area contributed by atoms with Crippen LogP contribution in [0.3, 0.4) is 0 Å². The minimum atomic E-state index is -0.363. The van der Waals surface area contributed by atoms with Gasteiger partial charge in [0.25, 0.3) is 0 Å². The molecule has 0 fully saturated rings. The van der Waals surface area contributed by atoms with Gasteiger partial charge in [-0.15, -0.1) is 0 Å². The predicted octanol–water partition coefficient (Wildman–Crippen LogP) is 2.08. The second kappa shape index (κ2) is 5.03. The average Bonchev–Trinajstić information content (AvgIpc) is 2.33. The highest BCUT2D eigenvalue weighted by atomic mass is 19.1. The molecule has 0 saturated heterocycles. The Hall–Kier alpha value is -1.78. The summed E-state index contributed by atoms with van der Waals surface area (Å²) in [5.74, 6) is 5.25. The highest BCUT2D eigenvalue weighted by Crippen LogP contribution is 2.23. The molecule has 0 aliphatic heterocycles. The summed E-state index contributed by atoms with van der Waals surface area (Å²) < 4.78 is 13.7. The van der Waals surface area contributed by atoms with E-state index >= 15 is 0 Å². The summed E-state index contributed by atoms with van der Waals surface area (Å²) in [5, 5.41) is 0. The van der Waals surface area contributed by atoms with Crippen molar-refractivity contribution in [2.75, 3.05) is 0 Å². The van der Waals surface area contributed by atoms with E-state index in [1.807, 2.05) is 19.1 Å². The molecule has 2 aromatic rings. The zero-order chi connectivity index (χ0) is 12.3. The van der Waals surface area contributed by atoms with E-state index in [1.54, 1.807) is 24.4 Å². The minimum Gasteiger partial charge on any atom is -0.271 e. The smallest absolute Gasteiger partial charge is 0.128 e. The number of nitrogens with one attached hydrogen (secondary N) is 1. The first-order valence-electron chi connectivity index (χ1n) is 5.35. The third kappa shape index (κ3) is 2.49. The number of aromatic nitrogens is 1. The lowest BCUT2D eigenvalue weighted by Gasteiger charge is -2.17. The number of halogens is 1. The lowest BCUT2D eigenvalue weighted by atomic mass is 9.99. The van der Waals surface area contributed by atoms with Crippen molar-refractivity contribution >= 4 is 0 Å². The van der Waals surface area contributed by atoms with Crippen LogP contribution in [0.15, 0.2) is 42.6 Å². The molecule has 0 aliphatic carbocycles. The van der Waals surface area contributed by atoms with Crippen molar-refractivity contribution in [1.82, 2.24) is 10.4 Å². The Kier molecular flexibility index (Phi) is 3.46. The van der Waals surface area contributed by atoms with E-state index in [9.17, 15) is 4.39 Å². The van der Waals surface area contributed by atoms with Gasteiger partial charge in [-0.05, 0) is 30.7 Å². The van der Waals surface area contributed by atoms with Crippen LogP contribution in [0.2, 0.25) is 0 Å². The van der Waals surface area contributed by atoms with Crippen LogP contribution < -0.4 is 11.3 Å². The molecule has 88 valence electrons. The van der Waals surface area contributed by atoms with E-state index in [-0.39, 0.29) is 11.9 Å². The second-order valence-electron chi connectivity index (χ2n) is 3.85. The summed E-state index contributed by atoms with van der Waals surface area (Å²) in [4.78, 5) is 4.11. The normalized spacial score (nSPS) is 12.4. The molecule has 3 nitrogen and oxygen atoms in total. The Bertz CT molecular complexity index is 514. The summed E-state index contributed by atoms with van der Waals surface area (Å²) in [5.41, 5.74) is 4.93. The largest absolute Gasteiger partial charge is 0.271 e. The van der Waals surface area contributed by atoms with Gasteiger partial charge in [-0.1, -0.05) is 18.2 Å². The second-order valence-corrected chi connectivity index (χ2v) is 3.85. The maximum atomic E-state index is 13.7. The summed E-state index contributed by atoms with van der Waals surface area (Å²) in [6.07, 6.45) is 1.69. The molecule has 0 bridgehead atoms. The number of hydrazine groups is 1. The molecule has 17 heavy (non-hydrogen) atoms. The summed E-state index contributed by atoms with van der Waals surface area (Å²) >= 11 is 0. The molecule has 0 aliphatic rings. The van der Waals surface area contributed by atoms with Crippen LogP contribution >= 0.6 is 0 Å². The average molecular weight is 231 g/mol. The SMILES string of the molecule is Cc1cc(C(NN)c2ccccc2F)ccn1. The van der Waals surface area contributed by atoms with Gasteiger partial charge in [0.15, 0.2) is 0 Å². The highest BCUT2D eigenvalue weighted by molar-refractivity contribution is 5.32. The van der Waals surface area contributed by atoms with Gasteiger partial charge in [0, 0.05) is 17.5 Å².